The van der Waals surface area contributed by atoms with Gasteiger partial charge in [0.15, 0.2) is 0 Å². The Labute approximate surface area is 124 Å². The predicted octanol–water partition coefficient (Wildman–Crippen LogP) is 3.76. The first-order valence-electron chi connectivity index (χ1n) is 8.06. The maximum absolute atomic E-state index is 6.19. The van der Waals surface area contributed by atoms with Crippen LogP contribution < -0.4 is 0 Å². The van der Waals surface area contributed by atoms with Crippen LogP contribution >= 0.6 is 0 Å². The molecule has 1 aliphatic carbocycles. The topological polar surface area (TPSA) is 12.5 Å². The zero-order chi connectivity index (χ0) is 14.2. The Morgan fingerprint density at radius 1 is 1.10 bits per heavy atom. The minimum absolute atomic E-state index is 0.478. The van der Waals surface area contributed by atoms with Crippen LogP contribution in [0, 0.1) is 5.92 Å². The number of hydrogen-bond acceptors (Lipinski definition) is 2. The van der Waals surface area contributed by atoms with Gasteiger partial charge in [0.2, 0.25) is 0 Å². The highest BCUT2D eigenvalue weighted by Crippen LogP contribution is 2.29. The van der Waals surface area contributed by atoms with Gasteiger partial charge in [-0.05, 0) is 57.8 Å². The SMILES string of the molecule is CN(C)CCCOC1CCCCC1Cc1ccccc1. The summed E-state index contributed by atoms with van der Waals surface area (Å²) in [5.41, 5.74) is 1.46. The van der Waals surface area contributed by atoms with Crippen LogP contribution in [0.1, 0.15) is 37.7 Å². The molecule has 0 amide bonds. The number of nitrogens with zero attached hydrogens (tertiary/aromatic N) is 1. The molecular weight excluding hydrogens is 246 g/mol. The molecule has 1 aromatic rings. The molecule has 0 saturated heterocycles. The summed E-state index contributed by atoms with van der Waals surface area (Å²) in [6.45, 7) is 2.03. The molecule has 2 heteroatoms. The summed E-state index contributed by atoms with van der Waals surface area (Å²) in [5.74, 6) is 0.713. The fourth-order valence-electron chi connectivity index (χ4n) is 3.16. The molecule has 0 N–H and O–H groups in total. The molecule has 1 aliphatic rings. The van der Waals surface area contributed by atoms with E-state index < -0.39 is 0 Å². The van der Waals surface area contributed by atoms with Gasteiger partial charge >= 0.3 is 0 Å². The second kappa shape index (κ2) is 8.43. The van der Waals surface area contributed by atoms with Crippen molar-refractivity contribution in [2.45, 2.75) is 44.6 Å². The van der Waals surface area contributed by atoms with Gasteiger partial charge in [-0.25, -0.2) is 0 Å². The molecular formula is C18H29NO. The van der Waals surface area contributed by atoms with Crippen molar-refractivity contribution in [3.8, 4) is 0 Å². The third-order valence-electron chi connectivity index (χ3n) is 4.26. The van der Waals surface area contributed by atoms with E-state index in [1.807, 2.05) is 0 Å². The molecule has 2 atom stereocenters. The molecule has 0 radical (unpaired) electrons. The molecule has 0 heterocycles. The van der Waals surface area contributed by atoms with Crippen LogP contribution in [0.25, 0.3) is 0 Å². The first kappa shape index (κ1) is 15.5. The highest BCUT2D eigenvalue weighted by Gasteiger charge is 2.25. The summed E-state index contributed by atoms with van der Waals surface area (Å²) in [6.07, 6.45) is 8.08. The molecule has 0 aliphatic heterocycles. The molecule has 20 heavy (non-hydrogen) atoms. The number of hydrogen-bond donors (Lipinski definition) is 0. The summed E-state index contributed by atoms with van der Waals surface area (Å²) in [4.78, 5) is 2.23. The number of ether oxygens (including phenoxy) is 1. The van der Waals surface area contributed by atoms with E-state index in [4.69, 9.17) is 4.74 Å². The molecule has 2 unspecified atom stereocenters. The fourth-order valence-corrected chi connectivity index (χ4v) is 3.16. The Morgan fingerprint density at radius 3 is 2.60 bits per heavy atom. The minimum Gasteiger partial charge on any atom is -0.378 e. The zero-order valence-electron chi connectivity index (χ0n) is 13.1. The molecule has 0 spiro atoms. The van der Waals surface area contributed by atoms with Crippen molar-refractivity contribution in [2.24, 2.45) is 5.92 Å². The van der Waals surface area contributed by atoms with Gasteiger partial charge in [-0.3, -0.25) is 0 Å². The quantitative estimate of drug-likeness (QED) is 0.703. The highest BCUT2D eigenvalue weighted by atomic mass is 16.5. The first-order valence-corrected chi connectivity index (χ1v) is 8.06. The van der Waals surface area contributed by atoms with E-state index in [1.165, 1.54) is 37.7 Å². The summed E-state index contributed by atoms with van der Waals surface area (Å²) < 4.78 is 6.19. The first-order chi connectivity index (χ1) is 9.75. The van der Waals surface area contributed by atoms with Crippen molar-refractivity contribution in [1.29, 1.82) is 0 Å². The Bertz CT molecular complexity index is 363. The van der Waals surface area contributed by atoms with Crippen molar-refractivity contribution < 1.29 is 4.74 Å². The van der Waals surface area contributed by atoms with Crippen LogP contribution in [0.3, 0.4) is 0 Å². The molecule has 1 aromatic carbocycles. The van der Waals surface area contributed by atoms with Gasteiger partial charge in [-0.1, -0.05) is 43.2 Å². The summed E-state index contributed by atoms with van der Waals surface area (Å²) in [6, 6.07) is 10.9. The van der Waals surface area contributed by atoms with Crippen LogP contribution in [0.2, 0.25) is 0 Å². The Morgan fingerprint density at radius 2 is 1.85 bits per heavy atom. The van der Waals surface area contributed by atoms with Crippen molar-refractivity contribution in [3.05, 3.63) is 35.9 Å². The van der Waals surface area contributed by atoms with Crippen molar-refractivity contribution in [1.82, 2.24) is 4.90 Å². The summed E-state index contributed by atoms with van der Waals surface area (Å²) >= 11 is 0. The zero-order valence-corrected chi connectivity index (χ0v) is 13.1. The van der Waals surface area contributed by atoms with Crippen LogP contribution in [-0.2, 0) is 11.2 Å². The van der Waals surface area contributed by atoms with Crippen molar-refractivity contribution in [3.63, 3.8) is 0 Å². The highest BCUT2D eigenvalue weighted by molar-refractivity contribution is 5.15. The minimum atomic E-state index is 0.478. The fraction of sp³-hybridized carbons (Fsp3) is 0.667. The van der Waals surface area contributed by atoms with E-state index >= 15 is 0 Å². The number of rotatable bonds is 7. The van der Waals surface area contributed by atoms with Gasteiger partial charge in [-0.15, -0.1) is 0 Å². The molecule has 1 fully saturated rings. The second-order valence-electron chi connectivity index (χ2n) is 6.30. The van der Waals surface area contributed by atoms with E-state index in [0.29, 0.717) is 12.0 Å². The number of benzene rings is 1. The van der Waals surface area contributed by atoms with Gasteiger partial charge in [0.05, 0.1) is 6.10 Å². The molecule has 112 valence electrons. The Balaban J connectivity index is 1.79. The van der Waals surface area contributed by atoms with E-state index in [9.17, 15) is 0 Å². The molecule has 1 saturated carbocycles. The Hall–Kier alpha value is -0.860. The van der Waals surface area contributed by atoms with Gasteiger partial charge in [0.25, 0.3) is 0 Å². The third kappa shape index (κ3) is 5.26. The lowest BCUT2D eigenvalue weighted by atomic mass is 9.82. The maximum Gasteiger partial charge on any atom is 0.0606 e. The largest absolute Gasteiger partial charge is 0.378 e. The van der Waals surface area contributed by atoms with Gasteiger partial charge in [0.1, 0.15) is 0 Å². The van der Waals surface area contributed by atoms with E-state index in [0.717, 1.165) is 19.6 Å². The van der Waals surface area contributed by atoms with Gasteiger partial charge < -0.3 is 9.64 Å². The average molecular weight is 275 g/mol. The lowest BCUT2D eigenvalue weighted by molar-refractivity contribution is -0.0131. The monoisotopic (exact) mass is 275 g/mol. The predicted molar refractivity (Wildman–Crippen MR) is 85.0 cm³/mol. The Kier molecular flexibility index (Phi) is 6.55. The van der Waals surface area contributed by atoms with Crippen LogP contribution in [0.15, 0.2) is 30.3 Å². The smallest absolute Gasteiger partial charge is 0.0606 e. The third-order valence-corrected chi connectivity index (χ3v) is 4.26. The molecule has 2 rings (SSSR count). The average Bonchev–Trinajstić information content (AvgIpc) is 2.46. The lowest BCUT2D eigenvalue weighted by Gasteiger charge is -2.32. The summed E-state index contributed by atoms with van der Waals surface area (Å²) in [7, 11) is 4.25. The van der Waals surface area contributed by atoms with Crippen LogP contribution in [-0.4, -0.2) is 38.3 Å². The van der Waals surface area contributed by atoms with Crippen LogP contribution in [0.5, 0.6) is 0 Å². The van der Waals surface area contributed by atoms with E-state index in [2.05, 4.69) is 49.3 Å². The molecule has 0 aromatic heterocycles. The maximum atomic E-state index is 6.19. The van der Waals surface area contributed by atoms with Gasteiger partial charge in [-0.2, -0.15) is 0 Å². The second-order valence-corrected chi connectivity index (χ2v) is 6.30. The van der Waals surface area contributed by atoms with E-state index in [1.54, 1.807) is 0 Å². The van der Waals surface area contributed by atoms with Crippen LogP contribution in [0.4, 0.5) is 0 Å². The van der Waals surface area contributed by atoms with E-state index in [-0.39, 0.29) is 0 Å². The summed E-state index contributed by atoms with van der Waals surface area (Å²) in [5, 5.41) is 0. The molecule has 0 bridgehead atoms. The standard InChI is InChI=1S/C18H29NO/c1-19(2)13-8-14-20-18-12-7-6-11-17(18)15-16-9-4-3-5-10-16/h3-5,9-10,17-18H,6-8,11-15H2,1-2H3. The molecule has 2 nitrogen and oxygen atoms in total. The van der Waals surface area contributed by atoms with Gasteiger partial charge in [0, 0.05) is 6.61 Å². The normalized spacial score (nSPS) is 23.1. The van der Waals surface area contributed by atoms with Crippen molar-refractivity contribution >= 4 is 0 Å². The van der Waals surface area contributed by atoms with Crippen molar-refractivity contribution in [2.75, 3.05) is 27.2 Å². The lowest BCUT2D eigenvalue weighted by Crippen LogP contribution is -2.30.